The van der Waals surface area contributed by atoms with E-state index in [0.717, 1.165) is 16.8 Å². The highest BCUT2D eigenvalue weighted by Crippen LogP contribution is 2.34. The van der Waals surface area contributed by atoms with Gasteiger partial charge in [-0.3, -0.25) is 9.59 Å². The lowest BCUT2D eigenvalue weighted by molar-refractivity contribution is -0.135. The van der Waals surface area contributed by atoms with E-state index in [2.05, 4.69) is 5.10 Å². The predicted molar refractivity (Wildman–Crippen MR) is 123 cm³/mol. The van der Waals surface area contributed by atoms with Crippen LogP contribution in [0.1, 0.15) is 33.9 Å². The molecule has 4 rings (SSSR count). The summed E-state index contributed by atoms with van der Waals surface area (Å²) in [5, 5.41) is 6.70. The van der Waals surface area contributed by atoms with Crippen LogP contribution in [-0.4, -0.2) is 36.6 Å². The molecule has 0 radical (unpaired) electrons. The van der Waals surface area contributed by atoms with Crippen molar-refractivity contribution in [2.45, 2.75) is 12.5 Å². The summed E-state index contributed by atoms with van der Waals surface area (Å²) in [6.45, 7) is -0.246. The zero-order valence-corrected chi connectivity index (χ0v) is 18.2. The SMILES string of the molecule is COc1cccc(C2=NN(C(=O)COc3ccccc3C=O)C(c3ccc(Cl)cc3)C2)c1. The molecule has 1 atom stereocenters. The van der Waals surface area contributed by atoms with Gasteiger partial charge in [0.1, 0.15) is 11.5 Å². The second kappa shape index (κ2) is 9.66. The van der Waals surface area contributed by atoms with Crippen LogP contribution in [0.25, 0.3) is 0 Å². The van der Waals surface area contributed by atoms with Crippen LogP contribution >= 0.6 is 11.6 Å². The third kappa shape index (κ3) is 4.65. The first kappa shape index (κ1) is 21.6. The van der Waals surface area contributed by atoms with Gasteiger partial charge in [-0.25, -0.2) is 5.01 Å². The smallest absolute Gasteiger partial charge is 0.281 e. The van der Waals surface area contributed by atoms with Crippen molar-refractivity contribution >= 4 is 29.5 Å². The second-order valence-corrected chi connectivity index (χ2v) is 7.67. The number of aldehydes is 1. The Hall–Kier alpha value is -3.64. The molecule has 1 heterocycles. The Morgan fingerprint density at radius 2 is 1.91 bits per heavy atom. The van der Waals surface area contributed by atoms with Gasteiger partial charge in [0, 0.05) is 17.0 Å². The van der Waals surface area contributed by atoms with Gasteiger partial charge in [-0.05, 0) is 42.0 Å². The topological polar surface area (TPSA) is 68.2 Å². The van der Waals surface area contributed by atoms with Crippen molar-refractivity contribution in [3.8, 4) is 11.5 Å². The van der Waals surface area contributed by atoms with E-state index in [9.17, 15) is 9.59 Å². The van der Waals surface area contributed by atoms with Crippen LogP contribution in [-0.2, 0) is 4.79 Å². The van der Waals surface area contributed by atoms with Gasteiger partial charge in [0.25, 0.3) is 5.91 Å². The van der Waals surface area contributed by atoms with Crippen LogP contribution in [0.4, 0.5) is 0 Å². The lowest BCUT2D eigenvalue weighted by Crippen LogP contribution is -2.31. The number of ether oxygens (including phenoxy) is 2. The van der Waals surface area contributed by atoms with Crippen LogP contribution in [0, 0.1) is 0 Å². The summed E-state index contributed by atoms with van der Waals surface area (Å²) in [7, 11) is 1.61. The number of nitrogens with zero attached hydrogens (tertiary/aromatic N) is 2. The molecule has 6 nitrogen and oxygen atoms in total. The molecule has 7 heteroatoms. The van der Waals surface area contributed by atoms with E-state index >= 15 is 0 Å². The number of carbonyl (C=O) groups is 2. The summed E-state index contributed by atoms with van der Waals surface area (Å²) in [5.41, 5.74) is 2.95. The highest BCUT2D eigenvalue weighted by molar-refractivity contribution is 6.30. The lowest BCUT2D eigenvalue weighted by Gasteiger charge is -2.22. The summed E-state index contributed by atoms with van der Waals surface area (Å²) in [6, 6.07) is 21.4. The monoisotopic (exact) mass is 448 g/mol. The van der Waals surface area contributed by atoms with E-state index in [1.807, 2.05) is 36.4 Å². The highest BCUT2D eigenvalue weighted by Gasteiger charge is 2.33. The number of rotatable bonds is 7. The number of hydrazone groups is 1. The van der Waals surface area contributed by atoms with Gasteiger partial charge in [-0.1, -0.05) is 48.0 Å². The Labute approximate surface area is 191 Å². The summed E-state index contributed by atoms with van der Waals surface area (Å²) < 4.78 is 11.0. The number of hydrogen-bond donors (Lipinski definition) is 0. The average molecular weight is 449 g/mol. The maximum atomic E-state index is 13.1. The maximum Gasteiger partial charge on any atom is 0.281 e. The van der Waals surface area contributed by atoms with Crippen molar-refractivity contribution in [1.82, 2.24) is 5.01 Å². The number of hydrogen-bond acceptors (Lipinski definition) is 5. The zero-order chi connectivity index (χ0) is 22.5. The number of methoxy groups -OCH3 is 1. The first-order valence-corrected chi connectivity index (χ1v) is 10.4. The van der Waals surface area contributed by atoms with Gasteiger partial charge in [-0.15, -0.1) is 0 Å². The van der Waals surface area contributed by atoms with Crippen LogP contribution < -0.4 is 9.47 Å². The van der Waals surface area contributed by atoms with Crippen LogP contribution in [0.5, 0.6) is 11.5 Å². The number of benzene rings is 3. The molecule has 0 aromatic heterocycles. The molecule has 3 aromatic carbocycles. The van der Waals surface area contributed by atoms with Gasteiger partial charge in [0.05, 0.1) is 24.4 Å². The molecule has 0 aliphatic carbocycles. The molecule has 32 heavy (non-hydrogen) atoms. The molecule has 3 aromatic rings. The molecule has 1 aliphatic heterocycles. The Morgan fingerprint density at radius 3 is 2.66 bits per heavy atom. The minimum atomic E-state index is -0.316. The van der Waals surface area contributed by atoms with Gasteiger partial charge >= 0.3 is 0 Å². The Bertz CT molecular complexity index is 1160. The summed E-state index contributed by atoms with van der Waals surface area (Å²) in [4.78, 5) is 24.4. The molecule has 1 unspecified atom stereocenters. The van der Waals surface area contributed by atoms with Crippen molar-refractivity contribution in [2.24, 2.45) is 5.10 Å². The van der Waals surface area contributed by atoms with Crippen molar-refractivity contribution in [2.75, 3.05) is 13.7 Å². The lowest BCUT2D eigenvalue weighted by atomic mass is 9.98. The van der Waals surface area contributed by atoms with E-state index in [-0.39, 0.29) is 18.6 Å². The van der Waals surface area contributed by atoms with E-state index in [1.54, 1.807) is 43.5 Å². The Balaban J connectivity index is 1.61. The molecule has 0 fully saturated rings. The first-order chi connectivity index (χ1) is 15.6. The van der Waals surface area contributed by atoms with E-state index < -0.39 is 0 Å². The third-order valence-corrected chi connectivity index (χ3v) is 5.47. The van der Waals surface area contributed by atoms with Gasteiger partial charge in [-0.2, -0.15) is 5.10 Å². The molecular weight excluding hydrogens is 428 g/mol. The fourth-order valence-electron chi connectivity index (χ4n) is 3.58. The van der Waals surface area contributed by atoms with E-state index in [1.165, 1.54) is 5.01 Å². The summed E-state index contributed by atoms with van der Waals surface area (Å²) in [5.74, 6) is 0.755. The van der Waals surface area contributed by atoms with Gasteiger partial charge in [0.2, 0.25) is 0 Å². The van der Waals surface area contributed by atoms with E-state index in [0.29, 0.717) is 34.8 Å². The van der Waals surface area contributed by atoms with Crippen molar-refractivity contribution in [3.63, 3.8) is 0 Å². The zero-order valence-electron chi connectivity index (χ0n) is 17.4. The minimum Gasteiger partial charge on any atom is -0.497 e. The van der Waals surface area contributed by atoms with Crippen LogP contribution in [0.2, 0.25) is 5.02 Å². The molecule has 162 valence electrons. The Kier molecular flexibility index (Phi) is 6.52. The van der Waals surface area contributed by atoms with Crippen molar-refractivity contribution in [3.05, 3.63) is 94.5 Å². The quantitative estimate of drug-likeness (QED) is 0.481. The molecule has 0 N–H and O–H groups in total. The molecule has 0 spiro atoms. The largest absolute Gasteiger partial charge is 0.497 e. The molecule has 0 saturated heterocycles. The minimum absolute atomic E-state index is 0.246. The first-order valence-electron chi connectivity index (χ1n) is 10.1. The molecule has 1 amide bonds. The number of carbonyl (C=O) groups excluding carboxylic acids is 2. The highest BCUT2D eigenvalue weighted by atomic mass is 35.5. The van der Waals surface area contributed by atoms with E-state index in [4.69, 9.17) is 21.1 Å². The standard InChI is InChI=1S/C25H21ClN2O4/c1-31-21-7-4-6-18(13-21)22-14-23(17-9-11-20(26)12-10-17)28(27-22)25(30)16-32-24-8-3-2-5-19(24)15-29/h2-13,15,23H,14,16H2,1H3. The van der Waals surface area contributed by atoms with Crippen LogP contribution in [0.3, 0.4) is 0 Å². The number of halogens is 1. The van der Waals surface area contributed by atoms with Crippen LogP contribution in [0.15, 0.2) is 77.9 Å². The second-order valence-electron chi connectivity index (χ2n) is 7.23. The average Bonchev–Trinajstić information content (AvgIpc) is 3.29. The van der Waals surface area contributed by atoms with Gasteiger partial charge in [0.15, 0.2) is 12.9 Å². The molecule has 1 aliphatic rings. The fourth-order valence-corrected chi connectivity index (χ4v) is 3.70. The maximum absolute atomic E-state index is 13.1. The van der Waals surface area contributed by atoms with Crippen molar-refractivity contribution < 1.29 is 19.1 Å². The Morgan fingerprint density at radius 1 is 1.12 bits per heavy atom. The summed E-state index contributed by atoms with van der Waals surface area (Å²) in [6.07, 6.45) is 1.23. The molecule has 0 saturated carbocycles. The van der Waals surface area contributed by atoms with Gasteiger partial charge < -0.3 is 9.47 Å². The molecule has 0 bridgehead atoms. The number of para-hydroxylation sites is 1. The predicted octanol–water partition coefficient (Wildman–Crippen LogP) is 4.92. The fraction of sp³-hybridized carbons (Fsp3) is 0.160. The van der Waals surface area contributed by atoms with Crippen molar-refractivity contribution in [1.29, 1.82) is 0 Å². The number of amides is 1. The third-order valence-electron chi connectivity index (χ3n) is 5.22. The summed E-state index contributed by atoms with van der Waals surface area (Å²) >= 11 is 6.05. The normalized spacial score (nSPS) is 15.2. The molecular formula is C25H21ClN2O4.